The summed E-state index contributed by atoms with van der Waals surface area (Å²) in [5.41, 5.74) is 0. The molecule has 72 heavy (non-hydrogen) atoms. The maximum Gasteiger partial charge on any atom is 0.483 e. The molecule has 1 saturated heterocycles. The summed E-state index contributed by atoms with van der Waals surface area (Å²) in [7, 11) is -38.5. The maximum atomic E-state index is 16.5. The van der Waals surface area contributed by atoms with Crippen LogP contribution in [0.25, 0.3) is 0 Å². The number of hydrogen-bond donors (Lipinski definition) is 0. The summed E-state index contributed by atoms with van der Waals surface area (Å²) in [6.07, 6.45) is 0. The monoisotopic (exact) mass is 1100 g/mol. The molecule has 0 amide bonds. The Balaban J connectivity index is 1.29. The van der Waals surface area contributed by atoms with Gasteiger partial charge in [-0.05, 0) is 67.7 Å². The first kappa shape index (κ1) is 52.1. The van der Waals surface area contributed by atoms with E-state index >= 15 is 18.3 Å². The second-order valence-corrected chi connectivity index (χ2v) is 39.5. The first-order valence-corrected chi connectivity index (χ1v) is 38.5. The highest BCUT2D eigenvalue weighted by molar-refractivity contribution is 7.77. The molecular formula is C52H52O12P4Si4. The Kier molecular flexibility index (Phi) is 15.4. The Labute approximate surface area is 424 Å². The van der Waals surface area contributed by atoms with Gasteiger partial charge in [0, 0.05) is 0 Å². The van der Waals surface area contributed by atoms with E-state index in [1.807, 2.05) is 48.5 Å². The fourth-order valence-corrected chi connectivity index (χ4v) is 36.1. The highest BCUT2D eigenvalue weighted by atomic mass is 31.3. The summed E-state index contributed by atoms with van der Waals surface area (Å²) in [5, 5.41) is 4.64. The normalized spacial score (nSPS) is 22.1. The van der Waals surface area contributed by atoms with Crippen LogP contribution in [0.1, 0.15) is 0 Å². The minimum atomic E-state index is -5.73. The third-order valence-corrected chi connectivity index (χ3v) is 39.9. The predicted molar refractivity (Wildman–Crippen MR) is 294 cm³/mol. The predicted octanol–water partition coefficient (Wildman–Crippen LogP) is 10.1. The summed E-state index contributed by atoms with van der Waals surface area (Å²) in [4.78, 5) is 0. The molecule has 8 aromatic carbocycles. The molecule has 1 heterocycles. The molecule has 0 aliphatic carbocycles. The molecule has 0 spiro atoms. The summed E-state index contributed by atoms with van der Waals surface area (Å²) in [6.45, 7) is 6.97. The van der Waals surface area contributed by atoms with Crippen molar-refractivity contribution in [3.05, 3.63) is 243 Å². The number of benzene rings is 8. The van der Waals surface area contributed by atoms with E-state index in [1.54, 1.807) is 220 Å². The van der Waals surface area contributed by atoms with E-state index in [0.29, 0.717) is 41.5 Å². The lowest BCUT2D eigenvalue weighted by Crippen LogP contribution is -2.59. The zero-order valence-corrected chi connectivity index (χ0v) is 47.4. The minimum Gasteiger partial charge on any atom is -0.319 e. The Hall–Kier alpha value is -4.77. The van der Waals surface area contributed by atoms with Crippen molar-refractivity contribution in [1.82, 2.24) is 0 Å². The smallest absolute Gasteiger partial charge is 0.319 e. The molecule has 20 heteroatoms. The van der Waals surface area contributed by atoms with Crippen LogP contribution in [0.2, 0.25) is 26.2 Å². The van der Waals surface area contributed by atoms with E-state index in [1.165, 1.54) is 0 Å². The van der Waals surface area contributed by atoms with Crippen molar-refractivity contribution < 1.29 is 52.4 Å². The van der Waals surface area contributed by atoms with Gasteiger partial charge in [-0.25, -0.2) is 18.3 Å². The van der Waals surface area contributed by atoms with Gasteiger partial charge in [0.05, 0.1) is 0 Å². The zero-order valence-electron chi connectivity index (χ0n) is 39.8. The maximum absolute atomic E-state index is 16.5. The fourth-order valence-electron chi connectivity index (χ4n) is 8.72. The van der Waals surface area contributed by atoms with Crippen LogP contribution in [-0.2, 0) is 52.4 Å². The number of phosphoric acid groups is 4. The molecule has 1 fully saturated rings. The van der Waals surface area contributed by atoms with Gasteiger partial charge < -0.3 is 16.9 Å². The molecule has 0 aromatic heterocycles. The van der Waals surface area contributed by atoms with Gasteiger partial charge in [-0.1, -0.05) is 243 Å². The Bertz CT molecular complexity index is 2660. The lowest BCUT2D eigenvalue weighted by molar-refractivity contribution is 0.174. The van der Waals surface area contributed by atoms with Gasteiger partial charge >= 0.3 is 31.3 Å². The third-order valence-electron chi connectivity index (χ3n) is 12.6. The van der Waals surface area contributed by atoms with Gasteiger partial charge in [-0.3, -0.25) is 0 Å². The van der Waals surface area contributed by atoms with Crippen molar-refractivity contribution in [2.45, 2.75) is 26.2 Å². The lowest BCUT2D eigenvalue weighted by Gasteiger charge is -2.41. The summed E-state index contributed by atoms with van der Waals surface area (Å²) in [5.74, 6) is 0. The molecule has 0 atom stereocenters. The average Bonchev–Trinajstić information content (AvgIpc) is 3.39. The summed E-state index contributed by atoms with van der Waals surface area (Å²) < 4.78 is 118. The van der Waals surface area contributed by atoms with Crippen molar-refractivity contribution in [2.75, 3.05) is 0 Å². The Morgan fingerprint density at radius 2 is 0.347 bits per heavy atom. The van der Waals surface area contributed by atoms with E-state index in [9.17, 15) is 0 Å². The minimum absolute atomic E-state index is 0.580. The van der Waals surface area contributed by atoms with Crippen LogP contribution in [0.15, 0.2) is 243 Å². The van der Waals surface area contributed by atoms with Crippen molar-refractivity contribution >= 4 is 106 Å². The van der Waals surface area contributed by atoms with Gasteiger partial charge in [0.1, 0.15) is 0 Å². The molecule has 0 bridgehead atoms. The molecule has 0 unspecified atom stereocenters. The van der Waals surface area contributed by atoms with Crippen LogP contribution in [0.4, 0.5) is 0 Å². The fraction of sp³-hybridized carbons (Fsp3) is 0.0769. The van der Waals surface area contributed by atoms with Gasteiger partial charge in [0.15, 0.2) is 0 Å². The van der Waals surface area contributed by atoms with Gasteiger partial charge in [0.2, 0.25) is 0 Å². The molecule has 0 N–H and O–H groups in total. The third kappa shape index (κ3) is 11.2. The summed E-state index contributed by atoms with van der Waals surface area (Å²) >= 11 is 0. The first-order chi connectivity index (χ1) is 34.5. The highest BCUT2D eigenvalue weighted by Crippen LogP contribution is 2.84. The molecule has 9 rings (SSSR count). The second-order valence-electron chi connectivity index (χ2n) is 17.5. The van der Waals surface area contributed by atoms with E-state index in [4.69, 9.17) is 34.1 Å². The molecule has 1 aliphatic heterocycles. The largest absolute Gasteiger partial charge is 0.483 e. The van der Waals surface area contributed by atoms with Crippen LogP contribution in [-0.4, -0.2) is 33.3 Å². The van der Waals surface area contributed by atoms with Crippen LogP contribution in [0.5, 0.6) is 0 Å². The first-order valence-electron chi connectivity index (χ1n) is 23.0. The van der Waals surface area contributed by atoms with Crippen LogP contribution < -0.4 is 41.5 Å². The molecule has 1 aliphatic rings. The number of rotatable bonds is 16. The number of hydrogen-bond acceptors (Lipinski definition) is 12. The van der Waals surface area contributed by atoms with Crippen LogP contribution >= 0.6 is 31.3 Å². The molecule has 0 saturated carbocycles. The molecule has 0 radical (unpaired) electrons. The molecular weight excluding hydrogens is 1050 g/mol. The van der Waals surface area contributed by atoms with E-state index in [-0.39, 0.29) is 0 Å². The topological polar surface area (TPSA) is 142 Å². The zero-order chi connectivity index (χ0) is 50.6. The van der Waals surface area contributed by atoms with Crippen molar-refractivity contribution in [2.24, 2.45) is 0 Å². The SMILES string of the molecule is C[Si](OP1(=O)OP(=O)(O[Si](C)(c2ccccc2)c2ccccc2)OP(=O)(O[Si](C)(c2ccccc2)c2ccccc2)OP(=O)(O[Si](C)(c2ccccc2)c2ccccc2)O1)(c1ccccc1)c1ccccc1. The van der Waals surface area contributed by atoms with Crippen molar-refractivity contribution in [3.63, 3.8) is 0 Å². The van der Waals surface area contributed by atoms with Crippen LogP contribution in [0.3, 0.4) is 0 Å². The molecule has 12 nitrogen and oxygen atoms in total. The average molecular weight is 1110 g/mol. The van der Waals surface area contributed by atoms with E-state index < -0.39 is 64.6 Å². The molecule has 368 valence electrons. The molecule has 8 aromatic rings. The standard InChI is InChI=1S/C52H52O12P4Si4/c1-69(45-29-13-5-14-30-45,46-31-15-6-16-32-46)61-65(53)57-66(54,62-70(2,47-33-17-7-18-34-47)48-35-19-8-20-36-48)59-68(56,64-72(4,51-41-25-11-26-42-51)52-43-27-12-28-44-52)60-67(55,58-65)63-71(3,49-37-21-9-22-38-49)50-39-23-10-24-40-50/h5-44H,1-4H3. The second kappa shape index (κ2) is 21.2. The Morgan fingerprint density at radius 3 is 0.458 bits per heavy atom. The quantitative estimate of drug-likeness (QED) is 0.0672. The van der Waals surface area contributed by atoms with Crippen LogP contribution in [0, 0.1) is 0 Å². The van der Waals surface area contributed by atoms with Crippen molar-refractivity contribution in [1.29, 1.82) is 0 Å². The van der Waals surface area contributed by atoms with Gasteiger partial charge in [-0.2, -0.15) is 17.2 Å². The Morgan fingerprint density at radius 1 is 0.236 bits per heavy atom. The van der Waals surface area contributed by atoms with Gasteiger partial charge in [-0.15, -0.1) is 0 Å². The lowest BCUT2D eigenvalue weighted by atomic mass is 10.4. The highest BCUT2D eigenvalue weighted by Gasteiger charge is 2.64. The van der Waals surface area contributed by atoms with Crippen molar-refractivity contribution in [3.8, 4) is 0 Å². The van der Waals surface area contributed by atoms with E-state index in [2.05, 4.69) is 0 Å². The van der Waals surface area contributed by atoms with E-state index in [0.717, 1.165) is 0 Å². The van der Waals surface area contributed by atoms with Gasteiger partial charge in [0.25, 0.3) is 33.3 Å². The summed E-state index contributed by atoms with van der Waals surface area (Å²) in [6, 6.07) is 71.8.